The summed E-state index contributed by atoms with van der Waals surface area (Å²) < 4.78 is 44.9. The van der Waals surface area contributed by atoms with Crippen molar-refractivity contribution in [3.63, 3.8) is 0 Å². The van der Waals surface area contributed by atoms with Gasteiger partial charge in [0.1, 0.15) is 6.11 Å². The van der Waals surface area contributed by atoms with Crippen LogP contribution in [-0.4, -0.2) is 6.61 Å². The summed E-state index contributed by atoms with van der Waals surface area (Å²) in [5.41, 5.74) is -0.0957. The van der Waals surface area contributed by atoms with Gasteiger partial charge in [0.05, 0.1) is 6.61 Å². The molecule has 0 aliphatic rings. The minimum atomic E-state index is -0.709. The molecule has 5 heteroatoms. The van der Waals surface area contributed by atoms with Crippen LogP contribution in [0.3, 0.4) is 0 Å². The van der Waals surface area contributed by atoms with Crippen LogP contribution in [0.4, 0.5) is 8.78 Å². The molecular formula is C19H16F2O3. The van der Waals surface area contributed by atoms with Crippen LogP contribution in [0.15, 0.2) is 28.7 Å². The van der Waals surface area contributed by atoms with Crippen molar-refractivity contribution in [2.45, 2.75) is 26.7 Å². The number of fused-ring (bicyclic) bond motifs is 3. The van der Waals surface area contributed by atoms with Crippen LogP contribution in [-0.2, 0) is 0 Å². The van der Waals surface area contributed by atoms with Crippen molar-refractivity contribution in [2.24, 2.45) is 0 Å². The van der Waals surface area contributed by atoms with E-state index in [0.717, 1.165) is 12.8 Å². The van der Waals surface area contributed by atoms with Gasteiger partial charge < -0.3 is 13.9 Å². The Labute approximate surface area is 138 Å². The predicted molar refractivity (Wildman–Crippen MR) is 88.1 cm³/mol. The molecule has 3 rings (SSSR count). The average Bonchev–Trinajstić information content (AvgIpc) is 2.97. The highest BCUT2D eigenvalue weighted by molar-refractivity contribution is 6.06. The van der Waals surface area contributed by atoms with Gasteiger partial charge in [-0.3, -0.25) is 0 Å². The Morgan fingerprint density at radius 3 is 2.25 bits per heavy atom. The van der Waals surface area contributed by atoms with E-state index in [-0.39, 0.29) is 22.7 Å². The topological polar surface area (TPSA) is 31.6 Å². The summed E-state index contributed by atoms with van der Waals surface area (Å²) in [4.78, 5) is 0. The second kappa shape index (κ2) is 6.79. The lowest BCUT2D eigenvalue weighted by Gasteiger charge is -2.06. The highest BCUT2D eigenvalue weighted by atomic mass is 19.1. The molecule has 3 nitrogen and oxygen atoms in total. The van der Waals surface area contributed by atoms with Gasteiger partial charge >= 0.3 is 0 Å². The van der Waals surface area contributed by atoms with Gasteiger partial charge in [0.25, 0.3) is 0 Å². The van der Waals surface area contributed by atoms with E-state index in [1.54, 1.807) is 19.1 Å². The SMILES string of the molecule is CC#COc1ccc2c(oc3c(F)c(OCCCC)ccc32)c1F. The summed E-state index contributed by atoms with van der Waals surface area (Å²) in [7, 11) is 0. The molecule has 3 aromatic rings. The smallest absolute Gasteiger partial charge is 0.209 e. The molecule has 2 aromatic carbocycles. The van der Waals surface area contributed by atoms with Gasteiger partial charge in [-0.25, -0.2) is 0 Å². The van der Waals surface area contributed by atoms with E-state index in [9.17, 15) is 8.78 Å². The molecule has 0 saturated heterocycles. The summed E-state index contributed by atoms with van der Waals surface area (Å²) >= 11 is 0. The number of rotatable bonds is 5. The second-order valence-electron chi connectivity index (χ2n) is 5.27. The number of hydrogen-bond donors (Lipinski definition) is 0. The fourth-order valence-corrected chi connectivity index (χ4v) is 2.42. The quantitative estimate of drug-likeness (QED) is 0.463. The van der Waals surface area contributed by atoms with Gasteiger partial charge in [0, 0.05) is 17.7 Å². The maximum absolute atomic E-state index is 14.6. The number of furan rings is 1. The summed E-state index contributed by atoms with van der Waals surface area (Å²) in [5, 5.41) is 0.954. The fourth-order valence-electron chi connectivity index (χ4n) is 2.42. The number of halogens is 2. The minimum absolute atomic E-state index is 0.0309. The standard InChI is InChI=1S/C19H16F2O3/c1-3-5-11-23-15-9-7-13-12-6-8-14(22-10-4-2)16(20)18(12)24-19(13)17(15)21/h6-9H,3,5,11H2,1-2H3. The molecule has 0 atom stereocenters. The Bertz CT molecular complexity index is 948. The third-order valence-electron chi connectivity index (χ3n) is 3.64. The highest BCUT2D eigenvalue weighted by Crippen LogP contribution is 2.37. The summed E-state index contributed by atoms with van der Waals surface area (Å²) in [6.07, 6.45) is 4.10. The third-order valence-corrected chi connectivity index (χ3v) is 3.64. The molecule has 0 spiro atoms. The summed E-state index contributed by atoms with van der Waals surface area (Å²) in [6.45, 7) is 4.02. The number of ether oxygens (including phenoxy) is 2. The predicted octanol–water partition coefficient (Wildman–Crippen LogP) is 5.40. The number of benzene rings is 2. The van der Waals surface area contributed by atoms with Crippen LogP contribution in [0.25, 0.3) is 21.9 Å². The molecule has 1 aromatic heterocycles. The molecule has 0 aliphatic carbocycles. The van der Waals surface area contributed by atoms with Gasteiger partial charge in [-0.2, -0.15) is 8.78 Å². The first-order valence-corrected chi connectivity index (χ1v) is 7.72. The van der Waals surface area contributed by atoms with Crippen LogP contribution in [0.2, 0.25) is 0 Å². The van der Waals surface area contributed by atoms with Crippen LogP contribution in [0.5, 0.6) is 11.5 Å². The first-order chi connectivity index (χ1) is 11.7. The van der Waals surface area contributed by atoms with Crippen molar-refractivity contribution in [1.82, 2.24) is 0 Å². The normalized spacial score (nSPS) is 10.7. The third kappa shape index (κ3) is 2.76. The molecule has 0 amide bonds. The summed E-state index contributed by atoms with van der Waals surface area (Å²) in [5.74, 6) is 1.22. The van der Waals surface area contributed by atoms with E-state index < -0.39 is 11.6 Å². The lowest BCUT2D eigenvalue weighted by atomic mass is 10.1. The molecule has 1 heterocycles. The van der Waals surface area contributed by atoms with Gasteiger partial charge in [-0.05, 0) is 30.7 Å². The molecule has 0 N–H and O–H groups in total. The van der Waals surface area contributed by atoms with Gasteiger partial charge in [0.2, 0.25) is 11.6 Å². The molecule has 0 saturated carbocycles. The molecular weight excluding hydrogens is 314 g/mol. The molecule has 124 valence electrons. The molecule has 0 unspecified atom stereocenters. The Morgan fingerprint density at radius 1 is 1.00 bits per heavy atom. The Hall–Kier alpha value is -2.74. The van der Waals surface area contributed by atoms with Gasteiger partial charge in [0.15, 0.2) is 22.7 Å². The lowest BCUT2D eigenvalue weighted by Crippen LogP contribution is -1.98. The number of unbranched alkanes of at least 4 members (excludes halogenated alkanes) is 1. The monoisotopic (exact) mass is 330 g/mol. The first kappa shape index (κ1) is 16.1. The molecule has 0 fully saturated rings. The van der Waals surface area contributed by atoms with Crippen molar-refractivity contribution in [3.05, 3.63) is 35.9 Å². The van der Waals surface area contributed by atoms with Crippen molar-refractivity contribution in [3.8, 4) is 23.5 Å². The van der Waals surface area contributed by atoms with E-state index in [2.05, 4.69) is 12.0 Å². The maximum Gasteiger partial charge on any atom is 0.209 e. The van der Waals surface area contributed by atoms with Crippen LogP contribution < -0.4 is 9.47 Å². The van der Waals surface area contributed by atoms with E-state index in [1.807, 2.05) is 6.92 Å². The molecule has 24 heavy (non-hydrogen) atoms. The van der Waals surface area contributed by atoms with Crippen molar-refractivity contribution >= 4 is 21.9 Å². The zero-order chi connectivity index (χ0) is 17.1. The van der Waals surface area contributed by atoms with Gasteiger partial charge in [-0.1, -0.05) is 19.3 Å². The second-order valence-corrected chi connectivity index (χ2v) is 5.27. The Kier molecular flexibility index (Phi) is 4.57. The lowest BCUT2D eigenvalue weighted by molar-refractivity contribution is 0.294. The van der Waals surface area contributed by atoms with Crippen molar-refractivity contribution in [2.75, 3.05) is 6.61 Å². The summed E-state index contributed by atoms with van der Waals surface area (Å²) in [6, 6.07) is 6.26. The van der Waals surface area contributed by atoms with Crippen LogP contribution in [0, 0.1) is 23.7 Å². The van der Waals surface area contributed by atoms with Gasteiger partial charge in [-0.15, -0.1) is 0 Å². The average molecular weight is 330 g/mol. The first-order valence-electron chi connectivity index (χ1n) is 7.72. The molecule has 0 bridgehead atoms. The zero-order valence-electron chi connectivity index (χ0n) is 13.4. The minimum Gasteiger partial charge on any atom is -0.490 e. The maximum atomic E-state index is 14.6. The van der Waals surface area contributed by atoms with E-state index in [0.29, 0.717) is 17.4 Å². The van der Waals surface area contributed by atoms with Crippen molar-refractivity contribution < 1.29 is 22.7 Å². The Morgan fingerprint density at radius 2 is 1.62 bits per heavy atom. The van der Waals surface area contributed by atoms with Crippen molar-refractivity contribution in [1.29, 1.82) is 0 Å². The molecule has 0 radical (unpaired) electrons. The fraction of sp³-hybridized carbons (Fsp3) is 0.263. The number of hydrogen-bond acceptors (Lipinski definition) is 3. The zero-order valence-corrected chi connectivity index (χ0v) is 13.4. The molecule has 0 aliphatic heterocycles. The van der Waals surface area contributed by atoms with Crippen LogP contribution >= 0.6 is 0 Å². The highest BCUT2D eigenvalue weighted by Gasteiger charge is 2.20. The largest absolute Gasteiger partial charge is 0.490 e. The van der Waals surface area contributed by atoms with E-state index >= 15 is 0 Å². The van der Waals surface area contributed by atoms with E-state index in [4.69, 9.17) is 13.9 Å². The van der Waals surface area contributed by atoms with E-state index in [1.165, 1.54) is 12.1 Å². The van der Waals surface area contributed by atoms with Crippen LogP contribution in [0.1, 0.15) is 26.7 Å². The Balaban J connectivity index is 2.10.